The van der Waals surface area contributed by atoms with E-state index in [1.807, 2.05) is 0 Å². The van der Waals surface area contributed by atoms with Crippen LogP contribution in [-0.2, 0) is 0 Å². The molecule has 114 valence electrons. The van der Waals surface area contributed by atoms with Gasteiger partial charge in [-0.3, -0.25) is 10.1 Å². The second-order valence-electron chi connectivity index (χ2n) is 6.02. The molecule has 6 nitrogen and oxygen atoms in total. The van der Waals surface area contributed by atoms with Gasteiger partial charge in [-0.05, 0) is 24.3 Å². The molecule has 1 saturated carbocycles. The molecule has 0 atom stereocenters. The Labute approximate surface area is 123 Å². The van der Waals surface area contributed by atoms with Crippen LogP contribution in [0.3, 0.4) is 0 Å². The first kappa shape index (κ1) is 15.3. The lowest BCUT2D eigenvalue weighted by Crippen LogP contribution is -2.29. The topological polar surface area (TPSA) is 92.5 Å². The van der Waals surface area contributed by atoms with Gasteiger partial charge in [0.2, 0.25) is 0 Å². The maximum Gasteiger partial charge on any atom is 0.338 e. The number of carboxylic acid groups (broad SMARTS) is 1. The summed E-state index contributed by atoms with van der Waals surface area (Å²) in [4.78, 5) is 21.4. The van der Waals surface area contributed by atoms with E-state index in [4.69, 9.17) is 0 Å². The first-order chi connectivity index (χ1) is 9.91. The third-order valence-electron chi connectivity index (χ3n) is 4.21. The fraction of sp³-hybridized carbons (Fsp3) is 0.533. The number of aromatic carboxylic acids is 1. The van der Waals surface area contributed by atoms with Crippen LogP contribution in [0.5, 0.6) is 0 Å². The summed E-state index contributed by atoms with van der Waals surface area (Å²) in [6, 6.07) is 3.92. The zero-order valence-electron chi connectivity index (χ0n) is 12.1. The Bertz CT molecular complexity index is 551. The van der Waals surface area contributed by atoms with Gasteiger partial charge in [-0.2, -0.15) is 0 Å². The zero-order valence-corrected chi connectivity index (χ0v) is 12.1. The molecule has 2 N–H and O–H groups in total. The van der Waals surface area contributed by atoms with Gasteiger partial charge < -0.3 is 10.4 Å². The van der Waals surface area contributed by atoms with Crippen molar-refractivity contribution in [1.82, 2.24) is 0 Å². The van der Waals surface area contributed by atoms with E-state index in [1.54, 1.807) is 0 Å². The number of nitro groups is 1. The molecule has 21 heavy (non-hydrogen) atoms. The predicted molar refractivity (Wildman–Crippen MR) is 79.7 cm³/mol. The number of non-ortho nitro benzene ring substituents is 1. The molecule has 0 heterocycles. The SMILES string of the molecule is CC1(CNc2ccc([N+](=O)[O-])cc2C(=O)O)CCCCC1. The lowest BCUT2D eigenvalue weighted by Gasteiger charge is -2.34. The monoisotopic (exact) mass is 292 g/mol. The summed E-state index contributed by atoms with van der Waals surface area (Å²) in [7, 11) is 0. The molecule has 0 unspecified atom stereocenters. The molecule has 1 aromatic carbocycles. The highest BCUT2D eigenvalue weighted by atomic mass is 16.6. The smallest absolute Gasteiger partial charge is 0.338 e. The molecule has 1 aliphatic carbocycles. The molecule has 0 saturated heterocycles. The molecule has 1 aliphatic rings. The first-order valence-electron chi connectivity index (χ1n) is 7.17. The molecule has 0 spiro atoms. The number of hydrogen-bond donors (Lipinski definition) is 2. The Balaban J connectivity index is 2.15. The van der Waals surface area contributed by atoms with Crippen molar-refractivity contribution in [3.8, 4) is 0 Å². The van der Waals surface area contributed by atoms with Crippen LogP contribution in [0, 0.1) is 15.5 Å². The highest BCUT2D eigenvalue weighted by Gasteiger charge is 2.27. The molecule has 0 aromatic heterocycles. The van der Waals surface area contributed by atoms with Gasteiger partial charge in [0.05, 0.1) is 10.5 Å². The fourth-order valence-corrected chi connectivity index (χ4v) is 2.87. The summed E-state index contributed by atoms with van der Waals surface area (Å²) in [5, 5.41) is 23.1. The van der Waals surface area contributed by atoms with Crippen LogP contribution < -0.4 is 5.32 Å². The largest absolute Gasteiger partial charge is 0.478 e. The minimum atomic E-state index is -1.16. The minimum absolute atomic E-state index is 0.0522. The first-order valence-corrected chi connectivity index (χ1v) is 7.17. The number of hydrogen-bond acceptors (Lipinski definition) is 4. The fourth-order valence-electron chi connectivity index (χ4n) is 2.87. The highest BCUT2D eigenvalue weighted by molar-refractivity contribution is 5.95. The number of benzene rings is 1. The van der Waals surface area contributed by atoms with Crippen LogP contribution in [0.2, 0.25) is 0 Å². The van der Waals surface area contributed by atoms with Crippen LogP contribution >= 0.6 is 0 Å². The normalized spacial score (nSPS) is 17.2. The Morgan fingerprint density at radius 3 is 2.62 bits per heavy atom. The lowest BCUT2D eigenvalue weighted by atomic mass is 9.75. The van der Waals surface area contributed by atoms with Crippen LogP contribution in [0.1, 0.15) is 49.4 Å². The molecule has 0 amide bonds. The van der Waals surface area contributed by atoms with Gasteiger partial charge in [-0.1, -0.05) is 26.2 Å². The summed E-state index contributed by atoms with van der Waals surface area (Å²) in [5.41, 5.74) is 0.348. The average Bonchev–Trinajstić information content (AvgIpc) is 2.45. The zero-order chi connectivity index (χ0) is 15.5. The van der Waals surface area contributed by atoms with Crippen molar-refractivity contribution in [1.29, 1.82) is 0 Å². The van der Waals surface area contributed by atoms with E-state index in [0.717, 1.165) is 18.9 Å². The van der Waals surface area contributed by atoms with Gasteiger partial charge >= 0.3 is 5.97 Å². The van der Waals surface area contributed by atoms with E-state index in [9.17, 15) is 20.0 Å². The molecule has 0 radical (unpaired) electrons. The van der Waals surface area contributed by atoms with Crippen molar-refractivity contribution in [2.45, 2.75) is 39.0 Å². The summed E-state index contributed by atoms with van der Waals surface area (Å²) in [6.07, 6.45) is 5.90. The summed E-state index contributed by atoms with van der Waals surface area (Å²) >= 11 is 0. The van der Waals surface area contributed by atoms with Crippen LogP contribution in [0.25, 0.3) is 0 Å². The third kappa shape index (κ3) is 3.71. The maximum atomic E-state index is 11.3. The van der Waals surface area contributed by atoms with Gasteiger partial charge in [0, 0.05) is 24.4 Å². The van der Waals surface area contributed by atoms with Crippen molar-refractivity contribution in [2.24, 2.45) is 5.41 Å². The Morgan fingerprint density at radius 1 is 1.38 bits per heavy atom. The van der Waals surface area contributed by atoms with E-state index >= 15 is 0 Å². The quantitative estimate of drug-likeness (QED) is 0.638. The molecule has 2 rings (SSSR count). The second-order valence-corrected chi connectivity index (χ2v) is 6.02. The Kier molecular flexibility index (Phi) is 4.45. The molecule has 0 bridgehead atoms. The van der Waals surface area contributed by atoms with Crippen molar-refractivity contribution < 1.29 is 14.8 Å². The molecular weight excluding hydrogens is 272 g/mol. The maximum absolute atomic E-state index is 11.3. The van der Waals surface area contributed by atoms with E-state index < -0.39 is 10.9 Å². The van der Waals surface area contributed by atoms with E-state index in [1.165, 1.54) is 31.4 Å². The van der Waals surface area contributed by atoms with Crippen molar-refractivity contribution in [3.63, 3.8) is 0 Å². The standard InChI is InChI=1S/C15H20N2O4/c1-15(7-3-2-4-8-15)10-16-13-6-5-11(17(20)21)9-12(13)14(18)19/h5-6,9,16H,2-4,7-8,10H2,1H3,(H,18,19). The number of carbonyl (C=O) groups is 1. The number of nitro benzene ring substituents is 1. The number of nitrogens with zero attached hydrogens (tertiary/aromatic N) is 1. The number of nitrogens with one attached hydrogen (secondary N) is 1. The van der Waals surface area contributed by atoms with Gasteiger partial charge in [-0.25, -0.2) is 4.79 Å². The lowest BCUT2D eigenvalue weighted by molar-refractivity contribution is -0.384. The summed E-state index contributed by atoms with van der Waals surface area (Å²) < 4.78 is 0. The van der Waals surface area contributed by atoms with Crippen molar-refractivity contribution in [2.75, 3.05) is 11.9 Å². The molecule has 0 aliphatic heterocycles. The second kappa shape index (κ2) is 6.11. The number of carboxylic acids is 1. The number of anilines is 1. The summed E-state index contributed by atoms with van der Waals surface area (Å²) in [5.74, 6) is -1.16. The number of rotatable bonds is 5. The molecule has 6 heteroatoms. The predicted octanol–water partition coefficient (Wildman–Crippen LogP) is 3.68. The van der Waals surface area contributed by atoms with E-state index in [2.05, 4.69) is 12.2 Å². The van der Waals surface area contributed by atoms with Gasteiger partial charge in [0.25, 0.3) is 5.69 Å². The van der Waals surface area contributed by atoms with Crippen LogP contribution in [0.15, 0.2) is 18.2 Å². The van der Waals surface area contributed by atoms with E-state index in [0.29, 0.717) is 12.2 Å². The van der Waals surface area contributed by atoms with Crippen molar-refractivity contribution in [3.05, 3.63) is 33.9 Å². The molecular formula is C15H20N2O4. The van der Waals surface area contributed by atoms with Crippen molar-refractivity contribution >= 4 is 17.3 Å². The Morgan fingerprint density at radius 2 is 2.05 bits per heavy atom. The summed E-state index contributed by atoms with van der Waals surface area (Å²) in [6.45, 7) is 2.89. The highest BCUT2D eigenvalue weighted by Crippen LogP contribution is 2.36. The van der Waals surface area contributed by atoms with Gasteiger partial charge in [0.15, 0.2) is 0 Å². The third-order valence-corrected chi connectivity index (χ3v) is 4.21. The molecule has 1 fully saturated rings. The van der Waals surface area contributed by atoms with Crippen LogP contribution in [0.4, 0.5) is 11.4 Å². The van der Waals surface area contributed by atoms with E-state index in [-0.39, 0.29) is 16.7 Å². The average molecular weight is 292 g/mol. The van der Waals surface area contributed by atoms with Crippen LogP contribution in [-0.4, -0.2) is 22.5 Å². The van der Waals surface area contributed by atoms with Gasteiger partial charge in [-0.15, -0.1) is 0 Å². The minimum Gasteiger partial charge on any atom is -0.478 e. The Hall–Kier alpha value is -2.11. The molecule has 1 aromatic rings. The van der Waals surface area contributed by atoms with Gasteiger partial charge in [0.1, 0.15) is 0 Å².